The van der Waals surface area contributed by atoms with Gasteiger partial charge < -0.3 is 19.5 Å². The summed E-state index contributed by atoms with van der Waals surface area (Å²) < 4.78 is 18.5. The number of ether oxygens (including phenoxy) is 3. The third kappa shape index (κ3) is 4.68. The molecule has 1 atom stereocenters. The van der Waals surface area contributed by atoms with E-state index in [1.165, 1.54) is 7.11 Å². The van der Waals surface area contributed by atoms with Crippen LogP contribution in [0.15, 0.2) is 95.7 Å². The average Bonchev–Trinajstić information content (AvgIpc) is 3.26. The third-order valence-electron chi connectivity index (χ3n) is 7.57. The normalized spacial score (nSPS) is 15.9. The van der Waals surface area contributed by atoms with Crippen molar-refractivity contribution < 1.29 is 23.8 Å². The zero-order chi connectivity index (χ0) is 28.7. The van der Waals surface area contributed by atoms with Gasteiger partial charge in [-0.1, -0.05) is 66.7 Å². The van der Waals surface area contributed by atoms with Crippen LogP contribution in [-0.2, 0) is 16.1 Å². The van der Waals surface area contributed by atoms with Crippen molar-refractivity contribution >= 4 is 50.8 Å². The fourth-order valence-electron chi connectivity index (χ4n) is 5.77. The molecule has 0 saturated carbocycles. The number of hydrogen-bond acceptors (Lipinski definition) is 6. The Bertz CT molecular complexity index is 1780. The molecule has 0 aromatic heterocycles. The quantitative estimate of drug-likeness (QED) is 0.168. The van der Waals surface area contributed by atoms with E-state index in [2.05, 4.69) is 52.2 Å². The van der Waals surface area contributed by atoms with Crippen molar-refractivity contribution in [2.75, 3.05) is 13.7 Å². The Hall–Kier alpha value is -4.11. The second kappa shape index (κ2) is 11.0. The molecular weight excluding hydrogens is 629 g/mol. The number of methoxy groups -OCH3 is 1. The molecule has 0 fully saturated rings. The maximum absolute atomic E-state index is 13.8. The molecular formula is C34H28INO5. The van der Waals surface area contributed by atoms with Crippen LogP contribution in [-0.4, -0.2) is 25.5 Å². The zero-order valence-corrected chi connectivity index (χ0v) is 25.1. The van der Waals surface area contributed by atoms with Crippen molar-refractivity contribution in [2.45, 2.75) is 26.4 Å². The minimum atomic E-state index is -0.640. The van der Waals surface area contributed by atoms with E-state index in [4.69, 9.17) is 14.2 Å². The molecule has 1 aliphatic carbocycles. The average molecular weight is 658 g/mol. The number of esters is 1. The van der Waals surface area contributed by atoms with Crippen LogP contribution in [0.5, 0.6) is 11.5 Å². The molecule has 206 valence electrons. The Morgan fingerprint density at radius 1 is 0.951 bits per heavy atom. The SMILES string of the molecule is CCOc1cc([C@H]2C(C(=O)OC)=C(C)NC3=C2C(=O)c2ccccc23)cc(I)c1OCc1cccc2ccccc12. The zero-order valence-electron chi connectivity index (χ0n) is 22.9. The number of nitrogens with one attached hydrogen (secondary N) is 1. The number of hydrogen-bond donors (Lipinski definition) is 1. The molecule has 1 N–H and O–H groups in total. The van der Waals surface area contributed by atoms with Crippen molar-refractivity contribution in [3.8, 4) is 11.5 Å². The first kappa shape index (κ1) is 27.1. The van der Waals surface area contributed by atoms with Gasteiger partial charge in [-0.05, 0) is 70.5 Å². The van der Waals surface area contributed by atoms with Crippen LogP contribution in [0.4, 0.5) is 0 Å². The predicted molar refractivity (Wildman–Crippen MR) is 167 cm³/mol. The summed E-state index contributed by atoms with van der Waals surface area (Å²) in [6.07, 6.45) is 0. The van der Waals surface area contributed by atoms with Crippen LogP contribution in [0.1, 0.15) is 46.8 Å². The predicted octanol–water partition coefficient (Wildman–Crippen LogP) is 7.16. The maximum Gasteiger partial charge on any atom is 0.336 e. The lowest BCUT2D eigenvalue weighted by atomic mass is 9.79. The van der Waals surface area contributed by atoms with E-state index in [0.717, 1.165) is 36.7 Å². The van der Waals surface area contributed by atoms with Gasteiger partial charge in [-0.15, -0.1) is 0 Å². The monoisotopic (exact) mass is 657 g/mol. The molecule has 1 heterocycles. The first-order valence-corrected chi connectivity index (χ1v) is 14.5. The lowest BCUT2D eigenvalue weighted by Gasteiger charge is -2.29. The molecule has 4 aromatic rings. The van der Waals surface area contributed by atoms with Gasteiger partial charge in [0.05, 0.1) is 28.6 Å². The Morgan fingerprint density at radius 3 is 2.46 bits per heavy atom. The van der Waals surface area contributed by atoms with E-state index >= 15 is 0 Å². The van der Waals surface area contributed by atoms with Crippen LogP contribution in [0.2, 0.25) is 0 Å². The lowest BCUT2D eigenvalue weighted by Crippen LogP contribution is -2.29. The van der Waals surface area contributed by atoms with Gasteiger partial charge in [-0.25, -0.2) is 4.79 Å². The minimum absolute atomic E-state index is 0.105. The van der Waals surface area contributed by atoms with Crippen LogP contribution < -0.4 is 14.8 Å². The molecule has 0 saturated heterocycles. The van der Waals surface area contributed by atoms with Gasteiger partial charge in [0.15, 0.2) is 17.3 Å². The molecule has 0 amide bonds. The van der Waals surface area contributed by atoms with Crippen molar-refractivity contribution in [2.24, 2.45) is 0 Å². The van der Waals surface area contributed by atoms with Gasteiger partial charge in [-0.2, -0.15) is 0 Å². The summed E-state index contributed by atoms with van der Waals surface area (Å²) in [5.41, 5.74) is 5.57. The highest BCUT2D eigenvalue weighted by Gasteiger charge is 2.43. The summed E-state index contributed by atoms with van der Waals surface area (Å²) in [6.45, 7) is 4.54. The van der Waals surface area contributed by atoms with Gasteiger partial charge in [-0.3, -0.25) is 4.79 Å². The number of carbonyl (C=O) groups excluding carboxylic acids is 2. The lowest BCUT2D eigenvalue weighted by molar-refractivity contribution is -0.136. The highest BCUT2D eigenvalue weighted by atomic mass is 127. The fraction of sp³-hybridized carbons (Fsp3) is 0.176. The maximum atomic E-state index is 13.8. The van der Waals surface area contributed by atoms with Gasteiger partial charge in [0, 0.05) is 28.3 Å². The Morgan fingerprint density at radius 2 is 1.68 bits per heavy atom. The summed E-state index contributed by atoms with van der Waals surface area (Å²) in [5.74, 6) is -0.0574. The number of halogens is 1. The second-order valence-corrected chi connectivity index (χ2v) is 11.1. The molecule has 0 bridgehead atoms. The molecule has 7 heteroatoms. The third-order valence-corrected chi connectivity index (χ3v) is 8.37. The molecule has 6 nitrogen and oxygen atoms in total. The number of allylic oxidation sites excluding steroid dienone is 2. The van der Waals surface area contributed by atoms with Crippen LogP contribution in [0.3, 0.4) is 0 Å². The molecule has 4 aromatic carbocycles. The fourth-order valence-corrected chi connectivity index (χ4v) is 6.55. The van der Waals surface area contributed by atoms with Crippen LogP contribution >= 0.6 is 22.6 Å². The van der Waals surface area contributed by atoms with Gasteiger partial charge >= 0.3 is 5.97 Å². The second-order valence-electron chi connectivity index (χ2n) is 9.94. The van der Waals surface area contributed by atoms with Crippen molar-refractivity contribution in [3.05, 3.63) is 122 Å². The molecule has 0 unspecified atom stereocenters. The number of Topliss-reactive ketones (excluding diaryl/α,β-unsaturated/α-hetero) is 1. The molecule has 0 radical (unpaired) electrons. The Kier molecular flexibility index (Phi) is 7.30. The largest absolute Gasteiger partial charge is 0.490 e. The summed E-state index contributed by atoms with van der Waals surface area (Å²) >= 11 is 2.24. The van der Waals surface area contributed by atoms with Crippen molar-refractivity contribution in [1.29, 1.82) is 0 Å². The first-order chi connectivity index (χ1) is 19.9. The molecule has 1 aliphatic heterocycles. The number of ketones is 1. The summed E-state index contributed by atoms with van der Waals surface area (Å²) in [4.78, 5) is 26.9. The van der Waals surface area contributed by atoms with E-state index in [9.17, 15) is 9.59 Å². The summed E-state index contributed by atoms with van der Waals surface area (Å²) in [5, 5.41) is 5.62. The number of fused-ring (bicyclic) bond motifs is 3. The Labute approximate surface area is 252 Å². The van der Waals surface area contributed by atoms with Gasteiger partial charge in [0.2, 0.25) is 0 Å². The van der Waals surface area contributed by atoms with E-state index in [-0.39, 0.29) is 5.78 Å². The number of dihydropyridines is 1. The Balaban J connectivity index is 1.44. The van der Waals surface area contributed by atoms with Crippen LogP contribution in [0, 0.1) is 3.57 Å². The number of benzene rings is 4. The van der Waals surface area contributed by atoms with E-state index < -0.39 is 11.9 Å². The highest BCUT2D eigenvalue weighted by molar-refractivity contribution is 14.1. The van der Waals surface area contributed by atoms with E-state index in [1.54, 1.807) is 0 Å². The molecule has 41 heavy (non-hydrogen) atoms. The number of carbonyl (C=O) groups is 2. The van der Waals surface area contributed by atoms with Gasteiger partial charge in [0.25, 0.3) is 0 Å². The van der Waals surface area contributed by atoms with Crippen LogP contribution in [0.25, 0.3) is 16.5 Å². The smallest absolute Gasteiger partial charge is 0.336 e. The van der Waals surface area contributed by atoms with Crippen molar-refractivity contribution in [3.63, 3.8) is 0 Å². The summed E-state index contributed by atoms with van der Waals surface area (Å²) in [6, 6.07) is 25.8. The first-order valence-electron chi connectivity index (χ1n) is 13.4. The number of rotatable bonds is 7. The topological polar surface area (TPSA) is 73.9 Å². The molecule has 2 aliphatic rings. The standard InChI is InChI=1S/C34H28INO5/c1-4-40-27-17-22(16-26(35)33(27)41-18-21-12-9-11-20-10-5-6-13-23(20)21)29-28(34(38)39-3)19(2)36-31-24-14-7-8-15-25(24)32(37)30(29)31/h5-17,29,36H,4,18H2,1-3H3/t29-/m0/s1. The molecule has 0 spiro atoms. The van der Waals surface area contributed by atoms with E-state index in [0.29, 0.717) is 47.1 Å². The summed E-state index contributed by atoms with van der Waals surface area (Å²) in [7, 11) is 1.36. The van der Waals surface area contributed by atoms with Gasteiger partial charge in [0.1, 0.15) is 6.61 Å². The van der Waals surface area contributed by atoms with Crippen molar-refractivity contribution in [1.82, 2.24) is 5.32 Å². The van der Waals surface area contributed by atoms with E-state index in [1.807, 2.05) is 68.4 Å². The molecule has 6 rings (SSSR count). The highest BCUT2D eigenvalue weighted by Crippen LogP contribution is 2.49. The minimum Gasteiger partial charge on any atom is -0.490 e.